The minimum Gasteiger partial charge on any atom is -0.298 e. The summed E-state index contributed by atoms with van der Waals surface area (Å²) in [6.07, 6.45) is 0. The lowest BCUT2D eigenvalue weighted by Gasteiger charge is -2.02. The highest BCUT2D eigenvalue weighted by molar-refractivity contribution is 9.11. The van der Waals surface area contributed by atoms with Crippen LogP contribution in [-0.4, -0.2) is 10.9 Å². The van der Waals surface area contributed by atoms with Crippen molar-refractivity contribution < 1.29 is 13.6 Å². The summed E-state index contributed by atoms with van der Waals surface area (Å²) in [5.74, 6) is -2.30. The van der Waals surface area contributed by atoms with E-state index in [1.807, 2.05) is 12.1 Å². The van der Waals surface area contributed by atoms with Crippen LogP contribution in [0.15, 0.2) is 39.5 Å². The molecule has 0 atom stereocenters. The largest absolute Gasteiger partial charge is 0.298 e. The van der Waals surface area contributed by atoms with Crippen molar-refractivity contribution in [2.75, 3.05) is 5.32 Å². The van der Waals surface area contributed by atoms with Crippen LogP contribution in [-0.2, 0) is 0 Å². The summed E-state index contributed by atoms with van der Waals surface area (Å²) in [7, 11) is 0. The molecule has 0 aliphatic carbocycles. The van der Waals surface area contributed by atoms with E-state index in [2.05, 4.69) is 26.2 Å². The highest BCUT2D eigenvalue weighted by Gasteiger charge is 2.15. The van der Waals surface area contributed by atoms with Gasteiger partial charge in [0.25, 0.3) is 5.91 Å². The number of anilines is 1. The number of amides is 1. The minimum absolute atomic E-state index is 0.225. The number of carbonyl (C=O) groups excluding carboxylic acids is 1. The van der Waals surface area contributed by atoms with E-state index in [-0.39, 0.29) is 5.56 Å². The van der Waals surface area contributed by atoms with Crippen molar-refractivity contribution in [3.8, 4) is 10.6 Å². The topological polar surface area (TPSA) is 42.0 Å². The van der Waals surface area contributed by atoms with E-state index in [4.69, 9.17) is 0 Å². The van der Waals surface area contributed by atoms with E-state index in [1.165, 1.54) is 22.7 Å². The van der Waals surface area contributed by atoms with Crippen LogP contribution >= 0.6 is 38.6 Å². The van der Waals surface area contributed by atoms with Crippen molar-refractivity contribution in [1.29, 1.82) is 0 Å². The fourth-order valence-electron chi connectivity index (χ4n) is 1.73. The zero-order valence-corrected chi connectivity index (χ0v) is 14.0. The maximum Gasteiger partial charge on any atom is 0.260 e. The Kier molecular flexibility index (Phi) is 4.32. The van der Waals surface area contributed by atoms with Crippen molar-refractivity contribution in [2.24, 2.45) is 0 Å². The minimum atomic E-state index is -0.906. The third-order valence-corrected chi connectivity index (χ3v) is 5.13. The molecule has 2 heterocycles. The average Bonchev–Trinajstić information content (AvgIpc) is 3.07. The number of nitrogens with zero attached hydrogens (tertiary/aromatic N) is 1. The summed E-state index contributed by atoms with van der Waals surface area (Å²) < 4.78 is 27.4. The fourth-order valence-corrected chi connectivity index (χ4v) is 3.86. The number of nitrogens with one attached hydrogen (secondary N) is 1. The maximum absolute atomic E-state index is 13.6. The lowest BCUT2D eigenvalue weighted by atomic mass is 10.2. The third-order valence-electron chi connectivity index (χ3n) is 2.73. The molecule has 1 N–H and O–H groups in total. The van der Waals surface area contributed by atoms with Gasteiger partial charge in [-0.15, -0.1) is 22.7 Å². The monoisotopic (exact) mass is 400 g/mol. The number of hydrogen-bond donors (Lipinski definition) is 1. The number of aromatic nitrogens is 1. The SMILES string of the molecule is O=C(Nc1nc(-c2ccc(Br)s2)cs1)c1ccc(F)cc1F. The van der Waals surface area contributed by atoms with Crippen LogP contribution in [0.25, 0.3) is 10.6 Å². The molecule has 0 radical (unpaired) electrons. The molecule has 0 fully saturated rings. The Hall–Kier alpha value is -1.64. The lowest BCUT2D eigenvalue weighted by Crippen LogP contribution is -2.13. The highest BCUT2D eigenvalue weighted by Crippen LogP contribution is 2.33. The van der Waals surface area contributed by atoms with Gasteiger partial charge < -0.3 is 0 Å². The number of carbonyl (C=O) groups is 1. The molecule has 3 rings (SSSR count). The van der Waals surface area contributed by atoms with Gasteiger partial charge in [0.1, 0.15) is 11.6 Å². The zero-order valence-electron chi connectivity index (χ0n) is 10.8. The average molecular weight is 401 g/mol. The number of thiazole rings is 1. The Labute approximate surface area is 140 Å². The van der Waals surface area contributed by atoms with Gasteiger partial charge in [-0.3, -0.25) is 10.1 Å². The number of benzene rings is 1. The molecular formula is C14H7BrF2N2OS2. The standard InChI is InChI=1S/C14H7BrF2N2OS2/c15-12-4-3-11(22-12)10-6-21-14(18-10)19-13(20)8-2-1-7(16)5-9(8)17/h1-6H,(H,18,19,20). The van der Waals surface area contributed by atoms with Gasteiger partial charge in [-0.1, -0.05) is 0 Å². The van der Waals surface area contributed by atoms with Crippen LogP contribution in [0.1, 0.15) is 10.4 Å². The molecule has 1 aromatic carbocycles. The van der Waals surface area contributed by atoms with E-state index in [0.29, 0.717) is 11.2 Å². The van der Waals surface area contributed by atoms with E-state index in [9.17, 15) is 13.6 Å². The van der Waals surface area contributed by atoms with Gasteiger partial charge in [0.2, 0.25) is 0 Å². The summed E-state index contributed by atoms with van der Waals surface area (Å²) in [4.78, 5) is 17.2. The number of hydrogen-bond acceptors (Lipinski definition) is 4. The molecule has 0 unspecified atom stereocenters. The van der Waals surface area contributed by atoms with Crippen molar-refractivity contribution in [3.05, 3.63) is 56.7 Å². The number of thiophene rings is 1. The van der Waals surface area contributed by atoms with Crippen molar-refractivity contribution in [3.63, 3.8) is 0 Å². The van der Waals surface area contributed by atoms with Gasteiger partial charge in [-0.2, -0.15) is 0 Å². The van der Waals surface area contributed by atoms with Gasteiger partial charge in [0.15, 0.2) is 5.13 Å². The van der Waals surface area contributed by atoms with Crippen LogP contribution < -0.4 is 5.32 Å². The van der Waals surface area contributed by atoms with Crippen molar-refractivity contribution >= 4 is 49.6 Å². The molecule has 0 saturated carbocycles. The molecule has 3 nitrogen and oxygen atoms in total. The smallest absolute Gasteiger partial charge is 0.260 e. The molecule has 3 aromatic rings. The van der Waals surface area contributed by atoms with Gasteiger partial charge in [0, 0.05) is 11.4 Å². The summed E-state index contributed by atoms with van der Waals surface area (Å²) in [6.45, 7) is 0. The molecule has 22 heavy (non-hydrogen) atoms. The quantitative estimate of drug-likeness (QED) is 0.659. The van der Waals surface area contributed by atoms with Crippen LogP contribution in [0.5, 0.6) is 0 Å². The predicted octanol–water partition coefficient (Wildman–Crippen LogP) is 5.16. The van der Waals surface area contributed by atoms with Crippen LogP contribution in [0.3, 0.4) is 0 Å². The van der Waals surface area contributed by atoms with E-state index >= 15 is 0 Å². The molecule has 0 saturated heterocycles. The number of halogens is 3. The molecule has 112 valence electrons. The Balaban J connectivity index is 1.79. The van der Waals surface area contributed by atoms with Crippen LogP contribution in [0.4, 0.5) is 13.9 Å². The first-order valence-corrected chi connectivity index (χ1v) is 8.49. The Bertz CT molecular complexity index is 847. The zero-order chi connectivity index (χ0) is 15.7. The highest BCUT2D eigenvalue weighted by atomic mass is 79.9. The van der Waals surface area contributed by atoms with Gasteiger partial charge in [0.05, 0.1) is 19.9 Å². The van der Waals surface area contributed by atoms with E-state index in [1.54, 1.807) is 5.38 Å². The van der Waals surface area contributed by atoms with Crippen LogP contribution in [0.2, 0.25) is 0 Å². The Morgan fingerprint density at radius 1 is 1.23 bits per heavy atom. The second-order valence-electron chi connectivity index (χ2n) is 4.22. The predicted molar refractivity (Wildman–Crippen MR) is 87.4 cm³/mol. The fraction of sp³-hybridized carbons (Fsp3) is 0. The molecule has 0 bridgehead atoms. The second-order valence-corrected chi connectivity index (χ2v) is 7.54. The third kappa shape index (κ3) is 3.23. The van der Waals surface area contributed by atoms with E-state index < -0.39 is 17.5 Å². The summed E-state index contributed by atoms with van der Waals surface area (Å²) >= 11 is 6.13. The van der Waals surface area contributed by atoms with Gasteiger partial charge >= 0.3 is 0 Å². The molecule has 1 amide bonds. The molecule has 2 aromatic heterocycles. The first kappa shape index (κ1) is 15.3. The van der Waals surface area contributed by atoms with Crippen molar-refractivity contribution in [2.45, 2.75) is 0 Å². The Morgan fingerprint density at radius 2 is 2.05 bits per heavy atom. The summed E-state index contributed by atoms with van der Waals surface area (Å²) in [5, 5.41) is 4.67. The molecular weight excluding hydrogens is 394 g/mol. The first-order chi connectivity index (χ1) is 10.5. The molecule has 0 aliphatic rings. The number of rotatable bonds is 3. The molecule has 8 heteroatoms. The van der Waals surface area contributed by atoms with Crippen molar-refractivity contribution in [1.82, 2.24) is 4.98 Å². The second kappa shape index (κ2) is 6.23. The van der Waals surface area contributed by atoms with Gasteiger partial charge in [-0.05, 0) is 40.2 Å². The normalized spacial score (nSPS) is 10.7. The summed E-state index contributed by atoms with van der Waals surface area (Å²) in [5.41, 5.74) is 0.507. The van der Waals surface area contributed by atoms with E-state index in [0.717, 1.165) is 26.5 Å². The summed E-state index contributed by atoms with van der Waals surface area (Å²) in [6, 6.07) is 6.63. The molecule has 0 spiro atoms. The Morgan fingerprint density at radius 3 is 2.73 bits per heavy atom. The molecule has 0 aliphatic heterocycles. The van der Waals surface area contributed by atoms with Crippen LogP contribution in [0, 0.1) is 11.6 Å². The maximum atomic E-state index is 13.6. The van der Waals surface area contributed by atoms with Gasteiger partial charge in [-0.25, -0.2) is 13.8 Å². The lowest BCUT2D eigenvalue weighted by molar-refractivity contribution is 0.102. The first-order valence-electron chi connectivity index (χ1n) is 6.00.